The van der Waals surface area contributed by atoms with Gasteiger partial charge in [-0.15, -0.1) is 0 Å². The number of benzene rings is 3. The van der Waals surface area contributed by atoms with Crippen LogP contribution in [0.15, 0.2) is 72.8 Å². The smallest absolute Gasteiger partial charge is 0.257 e. The monoisotopic (exact) mass is 520 g/mol. The molecule has 1 aliphatic heterocycles. The Balaban J connectivity index is 1.26. The lowest BCUT2D eigenvalue weighted by molar-refractivity contribution is 0.0977. The summed E-state index contributed by atoms with van der Waals surface area (Å²) in [6.45, 7) is 11.2. The fourth-order valence-electron chi connectivity index (χ4n) is 4.25. The number of rotatable bonds is 5. The number of amides is 1. The Bertz CT molecular complexity index is 1200. The normalized spacial score (nSPS) is 14.4. The van der Waals surface area contributed by atoms with E-state index in [2.05, 4.69) is 59.4 Å². The van der Waals surface area contributed by atoms with Crippen LogP contribution >= 0.6 is 23.8 Å². The highest BCUT2D eigenvalue weighted by molar-refractivity contribution is 7.80. The number of hydrogen-bond donors (Lipinski definition) is 2. The van der Waals surface area contributed by atoms with Crippen LogP contribution in [0.1, 0.15) is 42.3 Å². The van der Waals surface area contributed by atoms with E-state index < -0.39 is 0 Å². The van der Waals surface area contributed by atoms with E-state index >= 15 is 0 Å². The van der Waals surface area contributed by atoms with Gasteiger partial charge in [0.15, 0.2) is 5.11 Å². The molecule has 1 aliphatic rings. The highest BCUT2D eigenvalue weighted by Crippen LogP contribution is 2.23. The van der Waals surface area contributed by atoms with Crippen LogP contribution in [0.5, 0.6) is 0 Å². The molecule has 3 aromatic carbocycles. The van der Waals surface area contributed by atoms with E-state index in [4.69, 9.17) is 23.8 Å². The SMILES string of the molecule is CC(C)(C)c1ccc(C(=O)NC(=S)Nc2ccc(N3CCN(Cc4ccccc4Cl)CC3)cc2)cc1. The van der Waals surface area contributed by atoms with Gasteiger partial charge in [0.2, 0.25) is 0 Å². The Hall–Kier alpha value is -2.93. The molecule has 1 saturated heterocycles. The minimum Gasteiger partial charge on any atom is -0.369 e. The van der Waals surface area contributed by atoms with Gasteiger partial charge in [0.05, 0.1) is 0 Å². The van der Waals surface area contributed by atoms with E-state index in [9.17, 15) is 4.79 Å². The second-order valence-corrected chi connectivity index (χ2v) is 11.0. The number of hydrogen-bond acceptors (Lipinski definition) is 4. The van der Waals surface area contributed by atoms with Crippen molar-refractivity contribution in [3.63, 3.8) is 0 Å². The van der Waals surface area contributed by atoms with Crippen molar-refractivity contribution in [3.05, 3.63) is 94.5 Å². The predicted molar refractivity (Wildman–Crippen MR) is 154 cm³/mol. The van der Waals surface area contributed by atoms with Gasteiger partial charge in [0.1, 0.15) is 0 Å². The van der Waals surface area contributed by atoms with E-state index in [0.717, 1.165) is 43.4 Å². The summed E-state index contributed by atoms with van der Waals surface area (Å²) in [5.41, 5.74) is 4.99. The maximum atomic E-state index is 12.6. The zero-order valence-electron chi connectivity index (χ0n) is 21.1. The Morgan fingerprint density at radius 3 is 2.17 bits per heavy atom. The third-order valence-corrected chi connectivity index (χ3v) is 7.03. The van der Waals surface area contributed by atoms with Gasteiger partial charge in [0, 0.05) is 54.7 Å². The van der Waals surface area contributed by atoms with Crippen molar-refractivity contribution in [1.29, 1.82) is 0 Å². The van der Waals surface area contributed by atoms with Gasteiger partial charge in [-0.25, -0.2) is 0 Å². The van der Waals surface area contributed by atoms with Crippen LogP contribution in [0.4, 0.5) is 11.4 Å². The Kier molecular flexibility index (Phi) is 8.29. The van der Waals surface area contributed by atoms with Crippen molar-refractivity contribution in [3.8, 4) is 0 Å². The summed E-state index contributed by atoms with van der Waals surface area (Å²) in [7, 11) is 0. The van der Waals surface area contributed by atoms with Gasteiger partial charge in [-0.2, -0.15) is 0 Å². The predicted octanol–water partition coefficient (Wildman–Crippen LogP) is 6.09. The molecule has 0 unspecified atom stereocenters. The van der Waals surface area contributed by atoms with Gasteiger partial charge in [-0.3, -0.25) is 15.0 Å². The average Bonchev–Trinajstić information content (AvgIpc) is 2.86. The number of carbonyl (C=O) groups excluding carboxylic acids is 1. The van der Waals surface area contributed by atoms with Crippen LogP contribution in [-0.2, 0) is 12.0 Å². The van der Waals surface area contributed by atoms with E-state index in [1.807, 2.05) is 54.6 Å². The second-order valence-electron chi connectivity index (χ2n) is 10.1. The van der Waals surface area contributed by atoms with Crippen molar-refractivity contribution in [2.75, 3.05) is 36.4 Å². The third kappa shape index (κ3) is 6.84. The number of piperazine rings is 1. The molecule has 36 heavy (non-hydrogen) atoms. The summed E-state index contributed by atoms with van der Waals surface area (Å²) in [5, 5.41) is 6.98. The number of anilines is 2. The molecule has 1 fully saturated rings. The lowest BCUT2D eigenvalue weighted by Crippen LogP contribution is -2.46. The van der Waals surface area contributed by atoms with Crippen LogP contribution in [0.25, 0.3) is 0 Å². The molecule has 4 rings (SSSR count). The Labute approximate surface area is 224 Å². The second kappa shape index (κ2) is 11.4. The number of carbonyl (C=O) groups is 1. The molecule has 0 atom stereocenters. The summed E-state index contributed by atoms with van der Waals surface area (Å²) in [5.74, 6) is -0.223. The van der Waals surface area contributed by atoms with E-state index in [-0.39, 0.29) is 16.4 Å². The molecule has 5 nitrogen and oxygen atoms in total. The molecular formula is C29H33ClN4OS. The summed E-state index contributed by atoms with van der Waals surface area (Å²) in [6, 6.07) is 23.8. The van der Waals surface area contributed by atoms with Crippen molar-refractivity contribution >= 4 is 46.2 Å². The number of halogens is 1. The van der Waals surface area contributed by atoms with Crippen molar-refractivity contribution in [2.45, 2.75) is 32.7 Å². The molecule has 0 radical (unpaired) electrons. The molecule has 0 bridgehead atoms. The van der Waals surface area contributed by atoms with E-state index in [0.29, 0.717) is 5.56 Å². The van der Waals surface area contributed by atoms with Crippen LogP contribution < -0.4 is 15.5 Å². The average molecular weight is 521 g/mol. The van der Waals surface area contributed by atoms with Crippen LogP contribution in [0, 0.1) is 0 Å². The molecular weight excluding hydrogens is 488 g/mol. The lowest BCUT2D eigenvalue weighted by atomic mass is 9.87. The summed E-state index contributed by atoms with van der Waals surface area (Å²) in [4.78, 5) is 17.4. The highest BCUT2D eigenvalue weighted by atomic mass is 35.5. The van der Waals surface area contributed by atoms with E-state index in [1.165, 1.54) is 16.8 Å². The minimum atomic E-state index is -0.223. The third-order valence-electron chi connectivity index (χ3n) is 6.45. The van der Waals surface area contributed by atoms with Crippen LogP contribution in [-0.4, -0.2) is 42.1 Å². The molecule has 0 aliphatic carbocycles. The van der Waals surface area contributed by atoms with Crippen LogP contribution in [0.3, 0.4) is 0 Å². The maximum Gasteiger partial charge on any atom is 0.257 e. The summed E-state index contributed by atoms with van der Waals surface area (Å²) < 4.78 is 0. The van der Waals surface area contributed by atoms with Gasteiger partial charge in [-0.1, -0.05) is 62.7 Å². The Morgan fingerprint density at radius 2 is 1.56 bits per heavy atom. The number of nitrogens with one attached hydrogen (secondary N) is 2. The first-order chi connectivity index (χ1) is 17.2. The molecule has 1 amide bonds. The molecule has 0 spiro atoms. The number of nitrogens with zero attached hydrogens (tertiary/aromatic N) is 2. The van der Waals surface area contributed by atoms with Gasteiger partial charge in [0.25, 0.3) is 5.91 Å². The minimum absolute atomic E-state index is 0.0437. The number of thiocarbonyl (C=S) groups is 1. The topological polar surface area (TPSA) is 47.6 Å². The van der Waals surface area contributed by atoms with Crippen molar-refractivity contribution in [2.24, 2.45) is 0 Å². The first-order valence-corrected chi connectivity index (χ1v) is 13.0. The van der Waals surface area contributed by atoms with Crippen molar-refractivity contribution in [1.82, 2.24) is 10.2 Å². The highest BCUT2D eigenvalue weighted by Gasteiger charge is 2.18. The molecule has 0 aromatic heterocycles. The molecule has 0 saturated carbocycles. The fourth-order valence-corrected chi connectivity index (χ4v) is 4.65. The Morgan fingerprint density at radius 1 is 0.917 bits per heavy atom. The largest absolute Gasteiger partial charge is 0.369 e. The fraction of sp³-hybridized carbons (Fsp3) is 0.310. The molecule has 1 heterocycles. The molecule has 7 heteroatoms. The maximum absolute atomic E-state index is 12.6. The first kappa shape index (κ1) is 26.1. The van der Waals surface area contributed by atoms with Gasteiger partial charge in [-0.05, 0) is 71.2 Å². The van der Waals surface area contributed by atoms with Gasteiger partial charge < -0.3 is 10.2 Å². The standard InChI is InChI=1S/C29H33ClN4OS/c1-29(2,3)23-10-8-21(9-11-23)27(35)32-28(36)31-24-12-14-25(15-13-24)34-18-16-33(17-19-34)20-22-6-4-5-7-26(22)30/h4-15H,16-20H2,1-3H3,(H2,31,32,35,36). The van der Waals surface area contributed by atoms with Gasteiger partial charge >= 0.3 is 0 Å². The molecule has 2 N–H and O–H groups in total. The molecule has 188 valence electrons. The van der Waals surface area contributed by atoms with E-state index in [1.54, 1.807) is 0 Å². The van der Waals surface area contributed by atoms with Crippen molar-refractivity contribution < 1.29 is 4.79 Å². The zero-order valence-corrected chi connectivity index (χ0v) is 22.6. The summed E-state index contributed by atoms with van der Waals surface area (Å²) in [6.07, 6.45) is 0. The first-order valence-electron chi connectivity index (χ1n) is 12.2. The van der Waals surface area contributed by atoms with Crippen LogP contribution in [0.2, 0.25) is 5.02 Å². The molecule has 3 aromatic rings. The summed E-state index contributed by atoms with van der Waals surface area (Å²) >= 11 is 11.7. The lowest BCUT2D eigenvalue weighted by Gasteiger charge is -2.36. The zero-order chi connectivity index (χ0) is 25.7. The quantitative estimate of drug-likeness (QED) is 0.399.